The molecule has 0 unspecified atom stereocenters. The summed E-state index contributed by atoms with van der Waals surface area (Å²) < 4.78 is 5.15. The summed E-state index contributed by atoms with van der Waals surface area (Å²) in [5.41, 5.74) is 8.96. The van der Waals surface area contributed by atoms with E-state index in [0.29, 0.717) is 5.69 Å². The van der Waals surface area contributed by atoms with Crippen molar-refractivity contribution in [2.24, 2.45) is 0 Å². The zero-order chi connectivity index (χ0) is 12.4. The van der Waals surface area contributed by atoms with Crippen LogP contribution in [0.1, 0.15) is 5.56 Å². The summed E-state index contributed by atoms with van der Waals surface area (Å²) in [6.45, 7) is 1.98. The van der Waals surface area contributed by atoms with E-state index in [1.807, 2.05) is 31.2 Å². The van der Waals surface area contributed by atoms with Crippen molar-refractivity contribution in [3.63, 3.8) is 0 Å². The molecule has 0 heterocycles. The van der Waals surface area contributed by atoms with Gasteiger partial charge in [-0.05, 0) is 42.3 Å². The Hall–Kier alpha value is -2.16. The van der Waals surface area contributed by atoms with Gasteiger partial charge in [0.1, 0.15) is 11.5 Å². The summed E-state index contributed by atoms with van der Waals surface area (Å²) >= 11 is 0. The van der Waals surface area contributed by atoms with Gasteiger partial charge >= 0.3 is 0 Å². The Kier molecular flexibility index (Phi) is 2.91. The molecule has 0 aliphatic carbocycles. The Balaban J connectivity index is 2.53. The quantitative estimate of drug-likeness (QED) is 0.778. The molecule has 0 aromatic heterocycles. The second-order valence-electron chi connectivity index (χ2n) is 3.96. The molecule has 0 amide bonds. The predicted octanol–water partition coefficient (Wildman–Crippen LogP) is 2.96. The number of hydrogen-bond donors (Lipinski definition) is 2. The fourth-order valence-electron chi connectivity index (χ4n) is 1.84. The number of ether oxygens (including phenoxy) is 1. The summed E-state index contributed by atoms with van der Waals surface area (Å²) in [4.78, 5) is 0. The van der Waals surface area contributed by atoms with Crippen LogP contribution in [0.2, 0.25) is 0 Å². The molecular formula is C14H15NO2. The molecule has 2 rings (SSSR count). The maximum atomic E-state index is 9.88. The van der Waals surface area contributed by atoms with Gasteiger partial charge in [-0.25, -0.2) is 0 Å². The topological polar surface area (TPSA) is 55.5 Å². The van der Waals surface area contributed by atoms with Crippen LogP contribution < -0.4 is 10.5 Å². The van der Waals surface area contributed by atoms with Crippen molar-refractivity contribution in [3.05, 3.63) is 42.0 Å². The van der Waals surface area contributed by atoms with Crippen LogP contribution in [0.4, 0.5) is 5.69 Å². The Labute approximate surface area is 100 Å². The van der Waals surface area contributed by atoms with Crippen molar-refractivity contribution in [3.8, 4) is 22.6 Å². The lowest BCUT2D eigenvalue weighted by molar-refractivity contribution is 0.414. The minimum Gasteiger partial charge on any atom is -0.507 e. The van der Waals surface area contributed by atoms with Crippen LogP contribution in [0, 0.1) is 6.92 Å². The third-order valence-electron chi connectivity index (χ3n) is 2.75. The predicted molar refractivity (Wildman–Crippen MR) is 69.2 cm³/mol. The first kappa shape index (κ1) is 11.3. The minimum absolute atomic E-state index is 0.193. The standard InChI is InChI=1S/C14H15NO2/c1-9-7-11(17-2)4-6-12(9)13-5-3-10(15)8-14(13)16/h3-8,16H,15H2,1-2H3. The first-order chi connectivity index (χ1) is 8.11. The van der Waals surface area contributed by atoms with Crippen molar-refractivity contribution in [1.82, 2.24) is 0 Å². The summed E-state index contributed by atoms with van der Waals surface area (Å²) in [6.07, 6.45) is 0. The average Bonchev–Trinajstić information content (AvgIpc) is 2.30. The summed E-state index contributed by atoms with van der Waals surface area (Å²) in [5.74, 6) is 0.999. The first-order valence-electron chi connectivity index (χ1n) is 5.35. The van der Waals surface area contributed by atoms with Crippen LogP contribution in [0.3, 0.4) is 0 Å². The van der Waals surface area contributed by atoms with E-state index < -0.39 is 0 Å². The van der Waals surface area contributed by atoms with Gasteiger partial charge in [-0.1, -0.05) is 6.07 Å². The molecule has 0 saturated heterocycles. The van der Waals surface area contributed by atoms with E-state index in [1.54, 1.807) is 19.2 Å². The summed E-state index contributed by atoms with van der Waals surface area (Å²) in [6, 6.07) is 10.9. The Morgan fingerprint density at radius 1 is 1.06 bits per heavy atom. The molecule has 3 nitrogen and oxygen atoms in total. The van der Waals surface area contributed by atoms with Gasteiger partial charge in [-0.3, -0.25) is 0 Å². The lowest BCUT2D eigenvalue weighted by Crippen LogP contribution is -1.89. The van der Waals surface area contributed by atoms with E-state index in [4.69, 9.17) is 10.5 Å². The highest BCUT2D eigenvalue weighted by molar-refractivity contribution is 5.75. The fourth-order valence-corrected chi connectivity index (χ4v) is 1.84. The monoisotopic (exact) mass is 229 g/mol. The van der Waals surface area contributed by atoms with E-state index in [0.717, 1.165) is 22.4 Å². The minimum atomic E-state index is 0.193. The molecular weight excluding hydrogens is 214 g/mol. The summed E-state index contributed by atoms with van der Waals surface area (Å²) in [5, 5.41) is 9.88. The zero-order valence-electron chi connectivity index (χ0n) is 9.90. The van der Waals surface area contributed by atoms with E-state index in [-0.39, 0.29) is 5.75 Å². The van der Waals surface area contributed by atoms with Crippen molar-refractivity contribution in [2.75, 3.05) is 12.8 Å². The molecule has 17 heavy (non-hydrogen) atoms. The van der Waals surface area contributed by atoms with Crippen molar-refractivity contribution < 1.29 is 9.84 Å². The van der Waals surface area contributed by atoms with Crippen LogP contribution >= 0.6 is 0 Å². The van der Waals surface area contributed by atoms with E-state index in [1.165, 1.54) is 0 Å². The lowest BCUT2D eigenvalue weighted by Gasteiger charge is -2.10. The number of rotatable bonds is 2. The van der Waals surface area contributed by atoms with Gasteiger partial charge in [0, 0.05) is 17.3 Å². The number of nitrogen functional groups attached to an aromatic ring is 1. The molecule has 2 aromatic carbocycles. The van der Waals surface area contributed by atoms with E-state index >= 15 is 0 Å². The van der Waals surface area contributed by atoms with Gasteiger partial charge in [0.25, 0.3) is 0 Å². The van der Waals surface area contributed by atoms with Gasteiger partial charge in [-0.15, -0.1) is 0 Å². The highest BCUT2D eigenvalue weighted by Gasteiger charge is 2.08. The Bertz CT molecular complexity index is 550. The van der Waals surface area contributed by atoms with E-state index in [9.17, 15) is 5.11 Å². The molecule has 0 aliphatic heterocycles. The number of phenolic OH excluding ortho intramolecular Hbond substituents is 1. The molecule has 0 saturated carbocycles. The molecule has 0 fully saturated rings. The van der Waals surface area contributed by atoms with Crippen molar-refractivity contribution in [2.45, 2.75) is 6.92 Å². The first-order valence-corrected chi connectivity index (χ1v) is 5.35. The van der Waals surface area contributed by atoms with Gasteiger partial charge in [0.05, 0.1) is 7.11 Å². The zero-order valence-corrected chi connectivity index (χ0v) is 9.90. The molecule has 3 heteroatoms. The van der Waals surface area contributed by atoms with Gasteiger partial charge in [0.2, 0.25) is 0 Å². The van der Waals surface area contributed by atoms with Crippen LogP contribution in [-0.4, -0.2) is 12.2 Å². The van der Waals surface area contributed by atoms with Crippen LogP contribution in [0.5, 0.6) is 11.5 Å². The molecule has 0 radical (unpaired) electrons. The van der Waals surface area contributed by atoms with Crippen molar-refractivity contribution >= 4 is 5.69 Å². The molecule has 3 N–H and O–H groups in total. The van der Waals surface area contributed by atoms with E-state index in [2.05, 4.69) is 0 Å². The number of nitrogens with two attached hydrogens (primary N) is 1. The highest BCUT2D eigenvalue weighted by atomic mass is 16.5. The average molecular weight is 229 g/mol. The third kappa shape index (κ3) is 2.18. The number of methoxy groups -OCH3 is 1. The second-order valence-corrected chi connectivity index (χ2v) is 3.96. The number of hydrogen-bond acceptors (Lipinski definition) is 3. The fraction of sp³-hybridized carbons (Fsp3) is 0.143. The molecule has 0 aliphatic rings. The van der Waals surface area contributed by atoms with Gasteiger partial charge in [-0.2, -0.15) is 0 Å². The van der Waals surface area contributed by atoms with Gasteiger partial charge < -0.3 is 15.6 Å². The highest BCUT2D eigenvalue weighted by Crippen LogP contribution is 2.34. The summed E-state index contributed by atoms with van der Waals surface area (Å²) in [7, 11) is 1.63. The Morgan fingerprint density at radius 3 is 2.35 bits per heavy atom. The maximum Gasteiger partial charge on any atom is 0.125 e. The number of aryl methyl sites for hydroxylation is 1. The van der Waals surface area contributed by atoms with Crippen LogP contribution in [0.25, 0.3) is 11.1 Å². The Morgan fingerprint density at radius 2 is 1.76 bits per heavy atom. The largest absolute Gasteiger partial charge is 0.507 e. The molecule has 2 aromatic rings. The number of benzene rings is 2. The normalized spacial score (nSPS) is 10.2. The number of phenols is 1. The van der Waals surface area contributed by atoms with Crippen LogP contribution in [0.15, 0.2) is 36.4 Å². The maximum absolute atomic E-state index is 9.88. The van der Waals surface area contributed by atoms with Crippen molar-refractivity contribution in [1.29, 1.82) is 0 Å². The lowest BCUT2D eigenvalue weighted by atomic mass is 9.99. The number of anilines is 1. The molecule has 88 valence electrons. The molecule has 0 spiro atoms. The van der Waals surface area contributed by atoms with Gasteiger partial charge in [0.15, 0.2) is 0 Å². The second kappa shape index (κ2) is 4.37. The third-order valence-corrected chi connectivity index (χ3v) is 2.75. The van der Waals surface area contributed by atoms with Crippen LogP contribution in [-0.2, 0) is 0 Å². The smallest absolute Gasteiger partial charge is 0.125 e. The molecule has 0 bridgehead atoms. The SMILES string of the molecule is COc1ccc(-c2ccc(N)cc2O)c(C)c1. The number of aromatic hydroxyl groups is 1. The molecule has 0 atom stereocenters.